The number of piperidine rings is 1. The summed E-state index contributed by atoms with van der Waals surface area (Å²) in [6.45, 7) is 6.07. The molecule has 1 N–H and O–H groups in total. The Morgan fingerprint density at radius 2 is 1.90 bits per heavy atom. The highest BCUT2D eigenvalue weighted by Gasteiger charge is 2.27. The molecule has 0 radical (unpaired) electrons. The lowest BCUT2D eigenvalue weighted by Crippen LogP contribution is -2.40. The zero-order valence-electron chi connectivity index (χ0n) is 18.0. The van der Waals surface area contributed by atoms with Gasteiger partial charge in [-0.1, -0.05) is 20.3 Å². The molecule has 2 aromatic rings. The Kier molecular flexibility index (Phi) is 7.85. The molecule has 1 amide bonds. The normalized spacial score (nSPS) is 16.4. The summed E-state index contributed by atoms with van der Waals surface area (Å²) in [7, 11) is -3.79. The molecule has 2 heterocycles. The van der Waals surface area contributed by atoms with Gasteiger partial charge >= 0.3 is 0 Å². The van der Waals surface area contributed by atoms with Crippen LogP contribution in [0.1, 0.15) is 55.3 Å². The van der Waals surface area contributed by atoms with Crippen molar-refractivity contribution in [3.8, 4) is 0 Å². The van der Waals surface area contributed by atoms with Crippen molar-refractivity contribution in [1.29, 1.82) is 0 Å². The van der Waals surface area contributed by atoms with E-state index >= 15 is 0 Å². The average molecular weight is 452 g/mol. The first-order valence-electron chi connectivity index (χ1n) is 10.7. The Hall–Kier alpha value is -2.23. The molecule has 1 unspecified atom stereocenters. The number of nitrogens with zero attached hydrogens (tertiary/aromatic N) is 2. The summed E-state index contributed by atoms with van der Waals surface area (Å²) in [6, 6.07) is 6.84. The molecule has 1 aliphatic rings. The van der Waals surface area contributed by atoms with E-state index in [-0.39, 0.29) is 23.0 Å². The van der Waals surface area contributed by atoms with Gasteiger partial charge in [0.1, 0.15) is 11.6 Å². The molecule has 1 aliphatic heterocycles. The largest absolute Gasteiger partial charge is 0.468 e. The molecule has 1 aromatic heterocycles. The fourth-order valence-corrected chi connectivity index (χ4v) is 5.44. The van der Waals surface area contributed by atoms with Crippen molar-refractivity contribution >= 4 is 15.9 Å². The van der Waals surface area contributed by atoms with Gasteiger partial charge < -0.3 is 9.73 Å². The molecule has 170 valence electrons. The lowest BCUT2D eigenvalue weighted by Gasteiger charge is -2.33. The molecule has 31 heavy (non-hydrogen) atoms. The molecule has 1 atom stereocenters. The number of hydrogen-bond donors (Lipinski definition) is 1. The van der Waals surface area contributed by atoms with Crippen LogP contribution >= 0.6 is 0 Å². The van der Waals surface area contributed by atoms with E-state index in [1.54, 1.807) is 26.2 Å². The number of carbonyl (C=O) groups excluding carboxylic acids is 1. The van der Waals surface area contributed by atoms with Gasteiger partial charge in [0.15, 0.2) is 0 Å². The van der Waals surface area contributed by atoms with Gasteiger partial charge in [-0.3, -0.25) is 9.69 Å². The second-order valence-electron chi connectivity index (χ2n) is 7.57. The molecule has 7 nitrogen and oxygen atoms in total. The number of halogens is 1. The maximum absolute atomic E-state index is 14.4. The van der Waals surface area contributed by atoms with E-state index in [1.807, 2.05) is 6.07 Å². The quantitative estimate of drug-likeness (QED) is 0.632. The van der Waals surface area contributed by atoms with Gasteiger partial charge in [0.05, 0.1) is 22.8 Å². The van der Waals surface area contributed by atoms with E-state index in [0.717, 1.165) is 43.8 Å². The summed E-state index contributed by atoms with van der Waals surface area (Å²) in [6.07, 6.45) is 4.91. The topological polar surface area (TPSA) is 82.9 Å². The summed E-state index contributed by atoms with van der Waals surface area (Å²) < 4.78 is 46.8. The predicted octanol–water partition coefficient (Wildman–Crippen LogP) is 3.41. The van der Waals surface area contributed by atoms with Crippen LogP contribution in [0.4, 0.5) is 4.39 Å². The van der Waals surface area contributed by atoms with Gasteiger partial charge in [0.25, 0.3) is 5.91 Å². The third-order valence-corrected chi connectivity index (χ3v) is 7.73. The van der Waals surface area contributed by atoms with Crippen molar-refractivity contribution in [2.75, 3.05) is 32.7 Å². The SMILES string of the molecule is CCN(CC)S(=O)(=O)c1ccc(F)c(C(=O)NCC(c2ccco2)N2CCCCC2)c1. The minimum atomic E-state index is -3.79. The van der Waals surface area contributed by atoms with Crippen molar-refractivity contribution < 1.29 is 22.0 Å². The number of amides is 1. The number of likely N-dealkylation sites (tertiary alicyclic amines) is 1. The minimum Gasteiger partial charge on any atom is -0.468 e. The van der Waals surface area contributed by atoms with Crippen LogP contribution in [0.2, 0.25) is 0 Å². The summed E-state index contributed by atoms with van der Waals surface area (Å²) in [4.78, 5) is 15.0. The Balaban J connectivity index is 1.79. The molecular formula is C22H30FN3O4S. The average Bonchev–Trinajstić information content (AvgIpc) is 3.30. The number of nitrogens with one attached hydrogen (secondary N) is 1. The van der Waals surface area contributed by atoms with E-state index in [9.17, 15) is 17.6 Å². The molecule has 0 spiro atoms. The fraction of sp³-hybridized carbons (Fsp3) is 0.500. The predicted molar refractivity (Wildman–Crippen MR) is 116 cm³/mol. The lowest BCUT2D eigenvalue weighted by molar-refractivity contribution is 0.0910. The first kappa shape index (κ1) is 23.4. The Labute approximate surface area is 183 Å². The monoisotopic (exact) mass is 451 g/mol. The van der Waals surface area contributed by atoms with Crippen LogP contribution in [0, 0.1) is 5.82 Å². The van der Waals surface area contributed by atoms with Crippen LogP contribution in [0.5, 0.6) is 0 Å². The lowest BCUT2D eigenvalue weighted by atomic mass is 10.1. The number of benzene rings is 1. The summed E-state index contributed by atoms with van der Waals surface area (Å²) in [5.74, 6) is -0.674. The Morgan fingerprint density at radius 3 is 2.52 bits per heavy atom. The van der Waals surface area contributed by atoms with E-state index < -0.39 is 21.7 Å². The van der Waals surface area contributed by atoms with Crippen LogP contribution in [0.15, 0.2) is 45.9 Å². The summed E-state index contributed by atoms with van der Waals surface area (Å²) in [5.41, 5.74) is -0.287. The number of carbonyl (C=O) groups is 1. The highest BCUT2D eigenvalue weighted by Crippen LogP contribution is 2.25. The zero-order chi connectivity index (χ0) is 22.4. The molecule has 0 saturated carbocycles. The number of sulfonamides is 1. The molecular weight excluding hydrogens is 421 g/mol. The van der Waals surface area contributed by atoms with Crippen molar-refractivity contribution in [3.63, 3.8) is 0 Å². The second-order valence-corrected chi connectivity index (χ2v) is 9.51. The molecule has 9 heteroatoms. The van der Waals surface area contributed by atoms with Crippen molar-refractivity contribution in [2.24, 2.45) is 0 Å². The fourth-order valence-electron chi connectivity index (χ4n) is 3.96. The van der Waals surface area contributed by atoms with E-state index in [2.05, 4.69) is 10.2 Å². The maximum atomic E-state index is 14.4. The first-order valence-corrected chi connectivity index (χ1v) is 12.2. The third kappa shape index (κ3) is 5.34. The summed E-state index contributed by atoms with van der Waals surface area (Å²) in [5, 5.41) is 2.77. The van der Waals surface area contributed by atoms with Crippen LogP contribution < -0.4 is 5.32 Å². The van der Waals surface area contributed by atoms with Crippen LogP contribution in [0.25, 0.3) is 0 Å². The molecule has 1 saturated heterocycles. The van der Waals surface area contributed by atoms with Crippen LogP contribution in [-0.2, 0) is 10.0 Å². The van der Waals surface area contributed by atoms with Crippen molar-refractivity contribution in [2.45, 2.75) is 44.0 Å². The van der Waals surface area contributed by atoms with Gasteiger partial charge in [-0.25, -0.2) is 12.8 Å². The minimum absolute atomic E-state index is 0.0960. The van der Waals surface area contributed by atoms with Gasteiger partial charge in [-0.2, -0.15) is 4.31 Å². The van der Waals surface area contributed by atoms with Gasteiger partial charge in [0, 0.05) is 19.6 Å². The molecule has 1 aromatic carbocycles. The van der Waals surface area contributed by atoms with E-state index in [0.29, 0.717) is 13.1 Å². The third-order valence-electron chi connectivity index (χ3n) is 5.68. The highest BCUT2D eigenvalue weighted by atomic mass is 32.2. The number of hydrogen-bond acceptors (Lipinski definition) is 5. The van der Waals surface area contributed by atoms with Gasteiger partial charge in [0.2, 0.25) is 10.0 Å². The van der Waals surface area contributed by atoms with E-state index in [4.69, 9.17) is 4.42 Å². The smallest absolute Gasteiger partial charge is 0.254 e. The van der Waals surface area contributed by atoms with Crippen molar-refractivity contribution in [1.82, 2.24) is 14.5 Å². The molecule has 1 fully saturated rings. The van der Waals surface area contributed by atoms with Crippen molar-refractivity contribution in [3.05, 3.63) is 53.7 Å². The standard InChI is InChI=1S/C22H30FN3O4S/c1-3-26(4-2)31(28,29)17-10-11-19(23)18(15-17)22(27)24-16-20(21-9-8-14-30-21)25-12-6-5-7-13-25/h8-11,14-15,20H,3-7,12-13,16H2,1-2H3,(H,24,27). The molecule has 0 bridgehead atoms. The number of rotatable bonds is 9. The Morgan fingerprint density at radius 1 is 1.19 bits per heavy atom. The highest BCUT2D eigenvalue weighted by molar-refractivity contribution is 7.89. The summed E-state index contributed by atoms with van der Waals surface area (Å²) >= 11 is 0. The van der Waals surface area contributed by atoms with E-state index in [1.165, 1.54) is 16.8 Å². The molecule has 3 rings (SSSR count). The van der Waals surface area contributed by atoms with Gasteiger partial charge in [-0.15, -0.1) is 0 Å². The zero-order valence-corrected chi connectivity index (χ0v) is 18.8. The molecule has 0 aliphatic carbocycles. The van der Waals surface area contributed by atoms with Crippen LogP contribution in [0.3, 0.4) is 0 Å². The van der Waals surface area contributed by atoms with Crippen LogP contribution in [-0.4, -0.2) is 56.3 Å². The Bertz CT molecular complexity index is 969. The first-order chi connectivity index (χ1) is 14.9. The van der Waals surface area contributed by atoms with Gasteiger partial charge in [-0.05, 0) is 56.3 Å². The number of furan rings is 1. The maximum Gasteiger partial charge on any atom is 0.254 e. The second kappa shape index (κ2) is 10.4.